The van der Waals surface area contributed by atoms with Crippen LogP contribution in [0.25, 0.3) is 11.1 Å². The second-order valence-electron chi connectivity index (χ2n) is 9.27. The highest BCUT2D eigenvalue weighted by Crippen LogP contribution is 2.29. The van der Waals surface area contributed by atoms with E-state index < -0.39 is 4.92 Å². The van der Waals surface area contributed by atoms with Crippen LogP contribution in [0.4, 0.5) is 5.69 Å². The zero-order valence-electron chi connectivity index (χ0n) is 19.3. The first kappa shape index (κ1) is 23.8. The number of nitrogens with zero attached hydrogens (tertiary/aromatic N) is 2. The number of nitro benzene ring substituents is 1. The lowest BCUT2D eigenvalue weighted by Gasteiger charge is -2.23. The van der Waals surface area contributed by atoms with Gasteiger partial charge in [-0.25, -0.2) is 4.79 Å². The van der Waals surface area contributed by atoms with E-state index >= 15 is 0 Å². The number of hydrogen-bond acceptors (Lipinski definition) is 6. The molecule has 0 atom stereocenters. The third kappa shape index (κ3) is 5.76. The number of non-ortho nitro benzene ring substituents is 1. The summed E-state index contributed by atoms with van der Waals surface area (Å²) < 4.78 is 0. The van der Waals surface area contributed by atoms with Crippen LogP contribution < -0.4 is 0 Å². The number of nitro groups is 1. The van der Waals surface area contributed by atoms with Crippen LogP contribution in [0.1, 0.15) is 74.6 Å². The van der Waals surface area contributed by atoms with Crippen LogP contribution in [0.2, 0.25) is 0 Å². The lowest BCUT2D eigenvalue weighted by Crippen LogP contribution is -2.28. The molecule has 4 rings (SSSR count). The van der Waals surface area contributed by atoms with Crippen molar-refractivity contribution in [3.8, 4) is 11.1 Å². The van der Waals surface area contributed by atoms with Crippen LogP contribution >= 0.6 is 0 Å². The molecule has 0 radical (unpaired) electrons. The van der Waals surface area contributed by atoms with Gasteiger partial charge in [-0.15, -0.1) is 0 Å². The summed E-state index contributed by atoms with van der Waals surface area (Å²) in [7, 11) is 0. The van der Waals surface area contributed by atoms with Gasteiger partial charge in [-0.1, -0.05) is 67.9 Å². The maximum atomic E-state index is 13.4. The van der Waals surface area contributed by atoms with Crippen molar-refractivity contribution in [3.63, 3.8) is 0 Å². The molecular formula is C27H30N2O5. The summed E-state index contributed by atoms with van der Waals surface area (Å²) in [5.74, 6) is -0.663. The predicted octanol–water partition coefficient (Wildman–Crippen LogP) is 6.50. The first-order valence-electron chi connectivity index (χ1n) is 12.2. The van der Waals surface area contributed by atoms with Gasteiger partial charge in [0.05, 0.1) is 10.8 Å². The van der Waals surface area contributed by atoms with Crippen molar-refractivity contribution in [1.29, 1.82) is 0 Å². The highest BCUT2D eigenvalue weighted by molar-refractivity contribution is 6.46. The highest BCUT2D eigenvalue weighted by atomic mass is 16.7. The number of carbonyl (C=O) groups excluding carboxylic acids is 2. The van der Waals surface area contributed by atoms with Crippen molar-refractivity contribution >= 4 is 23.2 Å². The SMILES string of the molecule is O=C(/C(=N\OC(=O)C1CCCCC1)C1CCCCC1)c1ccc(-c2ccc([N+](=O)[O-])cc2)cc1. The molecule has 2 aromatic carbocycles. The first-order valence-corrected chi connectivity index (χ1v) is 12.2. The molecule has 2 aliphatic rings. The molecule has 178 valence electrons. The largest absolute Gasteiger partial charge is 0.338 e. The predicted molar refractivity (Wildman–Crippen MR) is 130 cm³/mol. The van der Waals surface area contributed by atoms with Crippen molar-refractivity contribution in [2.45, 2.75) is 64.2 Å². The minimum absolute atomic E-state index is 0.00486. The number of benzene rings is 2. The highest BCUT2D eigenvalue weighted by Gasteiger charge is 2.28. The third-order valence-corrected chi connectivity index (χ3v) is 6.96. The number of ketones is 1. The molecule has 0 heterocycles. The molecule has 2 fully saturated rings. The molecule has 2 aromatic rings. The van der Waals surface area contributed by atoms with Gasteiger partial charge < -0.3 is 4.84 Å². The lowest BCUT2D eigenvalue weighted by molar-refractivity contribution is -0.384. The van der Waals surface area contributed by atoms with Crippen LogP contribution in [0.15, 0.2) is 53.7 Å². The third-order valence-electron chi connectivity index (χ3n) is 6.96. The van der Waals surface area contributed by atoms with Crippen molar-refractivity contribution < 1.29 is 19.3 Å². The first-order chi connectivity index (χ1) is 16.5. The zero-order valence-corrected chi connectivity index (χ0v) is 19.3. The average molecular weight is 463 g/mol. The number of hydrogen-bond donors (Lipinski definition) is 0. The minimum atomic E-state index is -0.432. The van der Waals surface area contributed by atoms with E-state index in [4.69, 9.17) is 4.84 Å². The normalized spacial score (nSPS) is 17.8. The van der Waals surface area contributed by atoms with E-state index in [2.05, 4.69) is 5.16 Å². The van der Waals surface area contributed by atoms with E-state index in [0.717, 1.165) is 75.3 Å². The van der Waals surface area contributed by atoms with E-state index in [9.17, 15) is 19.7 Å². The van der Waals surface area contributed by atoms with Crippen molar-refractivity contribution in [2.75, 3.05) is 0 Å². The quantitative estimate of drug-likeness (QED) is 0.154. The summed E-state index contributed by atoms with van der Waals surface area (Å²) >= 11 is 0. The second-order valence-corrected chi connectivity index (χ2v) is 9.27. The number of carbonyl (C=O) groups is 2. The van der Waals surface area contributed by atoms with Gasteiger partial charge in [0.15, 0.2) is 0 Å². The van der Waals surface area contributed by atoms with Crippen LogP contribution in [0.5, 0.6) is 0 Å². The Hall–Kier alpha value is -3.35. The molecule has 0 aromatic heterocycles. The van der Waals surface area contributed by atoms with E-state index in [1.54, 1.807) is 24.3 Å². The fourth-order valence-corrected chi connectivity index (χ4v) is 4.92. The average Bonchev–Trinajstić information content (AvgIpc) is 2.90. The van der Waals surface area contributed by atoms with Gasteiger partial charge in [-0.3, -0.25) is 14.9 Å². The Morgan fingerprint density at radius 2 is 1.26 bits per heavy atom. The minimum Gasteiger partial charge on any atom is -0.318 e. The summed E-state index contributed by atoms with van der Waals surface area (Å²) in [5.41, 5.74) is 2.54. The van der Waals surface area contributed by atoms with Crippen LogP contribution in [-0.2, 0) is 9.63 Å². The van der Waals surface area contributed by atoms with Crippen molar-refractivity contribution in [3.05, 3.63) is 64.2 Å². The molecule has 0 spiro atoms. The number of oxime groups is 1. The smallest absolute Gasteiger partial charge is 0.318 e. The van der Waals surface area contributed by atoms with E-state index in [1.807, 2.05) is 12.1 Å². The molecule has 34 heavy (non-hydrogen) atoms. The zero-order chi connectivity index (χ0) is 23.9. The molecule has 7 heteroatoms. The fourth-order valence-electron chi connectivity index (χ4n) is 4.92. The standard InChI is InChI=1S/C27H30N2O5/c30-26(22-13-11-19(12-14-22)20-15-17-24(18-16-20)29(32)33)25(21-7-3-1-4-8-21)28-34-27(31)23-9-5-2-6-10-23/h11-18,21,23H,1-10H2/b28-25-. The molecule has 0 bridgehead atoms. The van der Waals surface area contributed by atoms with Gasteiger partial charge in [0.25, 0.3) is 5.69 Å². The van der Waals surface area contributed by atoms with Gasteiger partial charge in [0.2, 0.25) is 5.78 Å². The molecule has 0 unspecified atom stereocenters. The van der Waals surface area contributed by atoms with Crippen LogP contribution in [-0.4, -0.2) is 22.4 Å². The Bertz CT molecular complexity index is 1050. The Labute approximate surface area is 199 Å². The Balaban J connectivity index is 1.51. The number of Topliss-reactive ketones (excluding diaryl/α,β-unsaturated/α-hetero) is 1. The molecule has 0 aliphatic heterocycles. The molecule has 2 saturated carbocycles. The second kappa shape index (κ2) is 11.2. The fraction of sp³-hybridized carbons (Fsp3) is 0.444. The molecule has 2 aliphatic carbocycles. The maximum Gasteiger partial charge on any atom is 0.338 e. The van der Waals surface area contributed by atoms with Crippen LogP contribution in [0.3, 0.4) is 0 Å². The summed E-state index contributed by atoms with van der Waals surface area (Å²) in [4.78, 5) is 41.7. The topological polar surface area (TPSA) is 98.9 Å². The van der Waals surface area contributed by atoms with Crippen molar-refractivity contribution in [1.82, 2.24) is 0 Å². The van der Waals surface area contributed by atoms with Gasteiger partial charge >= 0.3 is 5.97 Å². The van der Waals surface area contributed by atoms with Gasteiger partial charge in [-0.2, -0.15) is 0 Å². The van der Waals surface area contributed by atoms with Gasteiger partial charge in [-0.05, 0) is 48.9 Å². The monoisotopic (exact) mass is 462 g/mol. The number of rotatable bonds is 7. The van der Waals surface area contributed by atoms with Gasteiger partial charge in [0.1, 0.15) is 5.71 Å². The Morgan fingerprint density at radius 3 is 1.79 bits per heavy atom. The van der Waals surface area contributed by atoms with E-state index in [-0.39, 0.29) is 29.3 Å². The van der Waals surface area contributed by atoms with E-state index in [1.165, 1.54) is 12.1 Å². The maximum absolute atomic E-state index is 13.4. The lowest BCUT2D eigenvalue weighted by atomic mass is 9.83. The molecule has 0 saturated heterocycles. The Kier molecular flexibility index (Phi) is 7.83. The molecule has 7 nitrogen and oxygen atoms in total. The van der Waals surface area contributed by atoms with Crippen LogP contribution in [0, 0.1) is 22.0 Å². The molecular weight excluding hydrogens is 432 g/mol. The summed E-state index contributed by atoms with van der Waals surface area (Å²) in [6, 6.07) is 13.4. The van der Waals surface area contributed by atoms with E-state index in [0.29, 0.717) is 11.3 Å². The molecule has 0 amide bonds. The Morgan fingerprint density at radius 1 is 0.765 bits per heavy atom. The van der Waals surface area contributed by atoms with Crippen molar-refractivity contribution in [2.24, 2.45) is 17.0 Å². The summed E-state index contributed by atoms with van der Waals surface area (Å²) in [6.07, 6.45) is 9.80. The van der Waals surface area contributed by atoms with Gasteiger partial charge in [0, 0.05) is 23.6 Å². The summed E-state index contributed by atoms with van der Waals surface area (Å²) in [5, 5.41) is 15.0. The summed E-state index contributed by atoms with van der Waals surface area (Å²) in [6.45, 7) is 0. The molecule has 0 N–H and O–H groups in total.